The van der Waals surface area contributed by atoms with Gasteiger partial charge in [0.2, 0.25) is 15.9 Å². The Morgan fingerprint density at radius 2 is 1.71 bits per heavy atom. The van der Waals surface area contributed by atoms with E-state index >= 15 is 0 Å². The lowest BCUT2D eigenvalue weighted by atomic mass is 10.2. The Balaban J connectivity index is 1.94. The molecule has 0 radical (unpaired) electrons. The molecule has 2 amide bonds. The van der Waals surface area contributed by atoms with Gasteiger partial charge in [-0.25, -0.2) is 8.42 Å². The van der Waals surface area contributed by atoms with Gasteiger partial charge in [-0.2, -0.15) is 4.72 Å². The Labute approximate surface area is 189 Å². The van der Waals surface area contributed by atoms with Gasteiger partial charge in [-0.3, -0.25) is 14.4 Å². The van der Waals surface area contributed by atoms with Crippen molar-refractivity contribution < 1.29 is 27.5 Å². The molecule has 3 N–H and O–H groups in total. The van der Waals surface area contributed by atoms with E-state index in [1.54, 1.807) is 30.3 Å². The third kappa shape index (κ3) is 7.51. The molecule has 0 unspecified atom stereocenters. The topological polar surface area (TPSA) is 136 Å². The van der Waals surface area contributed by atoms with Gasteiger partial charge in [-0.05, 0) is 30.3 Å². The van der Waals surface area contributed by atoms with Crippen molar-refractivity contribution in [2.75, 3.05) is 24.6 Å². The van der Waals surface area contributed by atoms with Crippen molar-refractivity contribution in [3.05, 3.63) is 58.6 Å². The number of para-hydroxylation sites is 1. The van der Waals surface area contributed by atoms with Crippen molar-refractivity contribution in [3.8, 4) is 0 Å². The van der Waals surface area contributed by atoms with Gasteiger partial charge in [0.05, 0.1) is 14.9 Å². The maximum absolute atomic E-state index is 12.5. The molecule has 0 heterocycles. The highest BCUT2D eigenvalue weighted by molar-refractivity contribution is 7.89. The number of carbonyl (C=O) groups excluding carboxylic acids is 3. The van der Waals surface area contributed by atoms with Gasteiger partial charge in [0, 0.05) is 18.7 Å². The number of halogens is 2. The number of esters is 1. The molecular weight excluding hydrogens is 469 g/mol. The van der Waals surface area contributed by atoms with E-state index in [0.29, 0.717) is 5.69 Å². The summed E-state index contributed by atoms with van der Waals surface area (Å²) in [5.41, 5.74) is 5.63. The number of benzene rings is 2. The second-order valence-corrected chi connectivity index (χ2v) is 8.74. The molecule has 0 saturated heterocycles. The number of hydrogen-bond donors (Lipinski definition) is 2. The smallest absolute Gasteiger partial charge is 0.321 e. The van der Waals surface area contributed by atoms with E-state index in [4.69, 9.17) is 33.7 Å². The van der Waals surface area contributed by atoms with Crippen molar-refractivity contribution in [1.29, 1.82) is 0 Å². The summed E-state index contributed by atoms with van der Waals surface area (Å²) in [4.78, 5) is 36.6. The number of sulfonamides is 1. The molecule has 2 aromatic carbocycles. The van der Waals surface area contributed by atoms with Gasteiger partial charge >= 0.3 is 5.97 Å². The lowest BCUT2D eigenvalue weighted by molar-refractivity contribution is -0.146. The number of nitrogens with one attached hydrogen (secondary N) is 1. The van der Waals surface area contributed by atoms with Crippen LogP contribution in [0.1, 0.15) is 6.42 Å². The summed E-state index contributed by atoms with van der Waals surface area (Å²) in [5.74, 6) is -2.17. The summed E-state index contributed by atoms with van der Waals surface area (Å²) in [7, 11) is -4.05. The fourth-order valence-corrected chi connectivity index (χ4v) is 3.74. The van der Waals surface area contributed by atoms with Crippen LogP contribution in [-0.4, -0.2) is 45.9 Å². The average Bonchev–Trinajstić information content (AvgIpc) is 2.73. The SMILES string of the molecule is NC(=O)CCN(C(=O)COC(=O)CNS(=O)(=O)c1ccc(Cl)c(Cl)c1)c1ccccc1. The molecule has 0 aliphatic heterocycles. The highest BCUT2D eigenvalue weighted by atomic mass is 35.5. The largest absolute Gasteiger partial charge is 0.455 e. The van der Waals surface area contributed by atoms with Crippen LogP contribution in [0.2, 0.25) is 10.0 Å². The Hall–Kier alpha value is -2.66. The summed E-state index contributed by atoms with van der Waals surface area (Å²) in [6.45, 7) is -1.36. The van der Waals surface area contributed by atoms with Gasteiger partial charge < -0.3 is 15.4 Å². The highest BCUT2D eigenvalue weighted by Crippen LogP contribution is 2.24. The van der Waals surface area contributed by atoms with E-state index in [9.17, 15) is 22.8 Å². The van der Waals surface area contributed by atoms with Crippen LogP contribution in [0.25, 0.3) is 0 Å². The molecule has 2 rings (SSSR count). The molecular formula is C19H19Cl2N3O6S. The van der Waals surface area contributed by atoms with Crippen LogP contribution in [-0.2, 0) is 29.1 Å². The van der Waals surface area contributed by atoms with Crippen LogP contribution in [0.15, 0.2) is 53.4 Å². The second kappa shape index (κ2) is 11.1. The lowest BCUT2D eigenvalue weighted by Gasteiger charge is -2.22. The number of primary amides is 1. The van der Waals surface area contributed by atoms with Crippen molar-refractivity contribution in [2.45, 2.75) is 11.3 Å². The summed E-state index contributed by atoms with van der Waals surface area (Å²) in [5, 5.41) is 0.215. The summed E-state index contributed by atoms with van der Waals surface area (Å²) >= 11 is 11.6. The molecule has 0 saturated carbocycles. The first-order valence-electron chi connectivity index (χ1n) is 8.84. The number of nitrogens with zero attached hydrogens (tertiary/aromatic N) is 1. The van der Waals surface area contributed by atoms with Gasteiger partial charge in [-0.15, -0.1) is 0 Å². The van der Waals surface area contributed by atoms with Crippen LogP contribution in [0.4, 0.5) is 5.69 Å². The molecule has 0 atom stereocenters. The van der Waals surface area contributed by atoms with Gasteiger partial charge in [0.25, 0.3) is 5.91 Å². The molecule has 166 valence electrons. The maximum Gasteiger partial charge on any atom is 0.321 e. The first-order valence-corrected chi connectivity index (χ1v) is 11.1. The molecule has 0 aliphatic rings. The summed E-state index contributed by atoms with van der Waals surface area (Å²) in [6, 6.07) is 12.1. The molecule has 31 heavy (non-hydrogen) atoms. The average molecular weight is 488 g/mol. The Kier molecular flexibility index (Phi) is 8.81. The van der Waals surface area contributed by atoms with Crippen molar-refractivity contribution in [2.24, 2.45) is 5.73 Å². The third-order valence-corrected chi connectivity index (χ3v) is 6.05. The first-order chi connectivity index (χ1) is 14.6. The zero-order chi connectivity index (χ0) is 23.0. The quantitative estimate of drug-likeness (QED) is 0.489. The van der Waals surface area contributed by atoms with Crippen LogP contribution >= 0.6 is 23.2 Å². The second-order valence-electron chi connectivity index (χ2n) is 6.16. The number of rotatable bonds is 10. The summed E-state index contributed by atoms with van der Waals surface area (Å²) < 4.78 is 31.4. The Bertz CT molecular complexity index is 1060. The highest BCUT2D eigenvalue weighted by Gasteiger charge is 2.20. The predicted octanol–water partition coefficient (Wildman–Crippen LogP) is 1.72. The van der Waals surface area contributed by atoms with E-state index in [-0.39, 0.29) is 27.9 Å². The number of hydrogen-bond acceptors (Lipinski definition) is 6. The van der Waals surface area contributed by atoms with Crippen molar-refractivity contribution in [3.63, 3.8) is 0 Å². The molecule has 0 aromatic heterocycles. The Morgan fingerprint density at radius 3 is 2.32 bits per heavy atom. The number of anilines is 1. The van der Waals surface area contributed by atoms with E-state index < -0.39 is 41.0 Å². The van der Waals surface area contributed by atoms with Crippen LogP contribution < -0.4 is 15.4 Å². The standard InChI is InChI=1S/C19H19Cl2N3O6S/c20-15-7-6-14(10-16(15)21)31(28,29)23-11-19(27)30-12-18(26)24(9-8-17(22)25)13-4-2-1-3-5-13/h1-7,10,23H,8-9,11-12H2,(H2,22,25). The monoisotopic (exact) mass is 487 g/mol. The lowest BCUT2D eigenvalue weighted by Crippen LogP contribution is -2.38. The maximum atomic E-state index is 12.5. The minimum Gasteiger partial charge on any atom is -0.455 e. The molecule has 0 fully saturated rings. The van der Waals surface area contributed by atoms with E-state index in [2.05, 4.69) is 4.72 Å². The zero-order valence-electron chi connectivity index (χ0n) is 16.1. The normalized spacial score (nSPS) is 11.0. The van der Waals surface area contributed by atoms with Gasteiger partial charge in [-0.1, -0.05) is 41.4 Å². The summed E-state index contributed by atoms with van der Waals surface area (Å²) in [6.07, 6.45) is -0.0853. The van der Waals surface area contributed by atoms with Gasteiger partial charge in [0.15, 0.2) is 6.61 Å². The van der Waals surface area contributed by atoms with E-state index in [1.165, 1.54) is 17.0 Å². The Morgan fingerprint density at radius 1 is 1.03 bits per heavy atom. The fourth-order valence-electron chi connectivity index (χ4n) is 2.38. The predicted molar refractivity (Wildman–Crippen MR) is 115 cm³/mol. The zero-order valence-corrected chi connectivity index (χ0v) is 18.4. The van der Waals surface area contributed by atoms with E-state index in [0.717, 1.165) is 6.07 Å². The molecule has 0 spiro atoms. The minimum atomic E-state index is -4.05. The number of amides is 2. The minimum absolute atomic E-state index is 0.000312. The van der Waals surface area contributed by atoms with Crippen molar-refractivity contribution >= 4 is 56.7 Å². The van der Waals surface area contributed by atoms with Gasteiger partial charge in [0.1, 0.15) is 6.54 Å². The number of ether oxygens (including phenoxy) is 1. The van der Waals surface area contributed by atoms with E-state index in [1.807, 2.05) is 0 Å². The molecule has 12 heteroatoms. The molecule has 0 aliphatic carbocycles. The van der Waals surface area contributed by atoms with Crippen LogP contribution in [0.3, 0.4) is 0 Å². The fraction of sp³-hybridized carbons (Fsp3) is 0.211. The van der Waals surface area contributed by atoms with Crippen molar-refractivity contribution in [1.82, 2.24) is 4.72 Å². The number of carbonyl (C=O) groups is 3. The van der Waals surface area contributed by atoms with Crippen LogP contribution in [0.5, 0.6) is 0 Å². The third-order valence-electron chi connectivity index (χ3n) is 3.92. The molecule has 0 bridgehead atoms. The van der Waals surface area contributed by atoms with Crippen LogP contribution in [0, 0.1) is 0 Å². The molecule has 2 aromatic rings. The molecule has 9 nitrogen and oxygen atoms in total. The first kappa shape index (κ1) is 24.6. The number of nitrogens with two attached hydrogens (primary N) is 1.